The Kier molecular flexibility index (Phi) is 8.26. The van der Waals surface area contributed by atoms with Crippen molar-refractivity contribution in [1.29, 1.82) is 10.5 Å². The van der Waals surface area contributed by atoms with Crippen molar-refractivity contribution in [1.82, 2.24) is 30.0 Å². The van der Waals surface area contributed by atoms with E-state index in [0.717, 1.165) is 0 Å². The molecule has 3 heterocycles. The molecule has 2 aromatic rings. The first-order valence-electron chi connectivity index (χ1n) is 9.99. The molecule has 3 rings (SSSR count). The van der Waals surface area contributed by atoms with Crippen molar-refractivity contribution >= 4 is 25.3 Å². The van der Waals surface area contributed by atoms with Crippen LogP contribution in [-0.4, -0.2) is 94.8 Å². The summed E-state index contributed by atoms with van der Waals surface area (Å²) in [6.07, 6.45) is -6.23. The fourth-order valence-electron chi connectivity index (χ4n) is 3.18. The number of aliphatic carboxylic acids is 1. The van der Waals surface area contributed by atoms with Crippen molar-refractivity contribution in [2.75, 3.05) is 13.2 Å². The molecule has 0 spiro atoms. The highest BCUT2D eigenvalue weighted by Gasteiger charge is 2.46. The van der Waals surface area contributed by atoms with Gasteiger partial charge in [0.2, 0.25) is 5.85 Å². The Balaban J connectivity index is 1.80. The van der Waals surface area contributed by atoms with E-state index in [1.807, 2.05) is 0 Å². The maximum atomic E-state index is 12.8. The zero-order valence-electron chi connectivity index (χ0n) is 18.3. The van der Waals surface area contributed by atoms with Crippen LogP contribution in [0.15, 0.2) is 4.79 Å². The van der Waals surface area contributed by atoms with E-state index in [-0.39, 0.29) is 28.7 Å². The van der Waals surface area contributed by atoms with Gasteiger partial charge in [-0.05, 0) is 13.8 Å². The van der Waals surface area contributed by atoms with Crippen LogP contribution < -0.4 is 10.6 Å². The van der Waals surface area contributed by atoms with Gasteiger partial charge in [0.25, 0.3) is 0 Å². The molecular weight excluding hydrogens is 491 g/mol. The van der Waals surface area contributed by atoms with Gasteiger partial charge in [-0.3, -0.25) is 9.88 Å². The van der Waals surface area contributed by atoms with Gasteiger partial charge in [-0.1, -0.05) is 10.1 Å². The second-order valence-corrected chi connectivity index (χ2v) is 9.13. The molecule has 0 aromatic carbocycles. The molecule has 0 amide bonds. The summed E-state index contributed by atoms with van der Waals surface area (Å²) in [4.78, 5) is 24.7. The fraction of sp³-hybridized carbons (Fsp3) is 0.588. The second kappa shape index (κ2) is 11.0. The molecule has 6 atom stereocenters. The molecule has 17 nitrogen and oxygen atoms in total. The van der Waals surface area contributed by atoms with Crippen LogP contribution in [0.3, 0.4) is 0 Å². The number of fused-ring (bicyclic) bond motifs is 1. The topological polar surface area (TPSA) is 251 Å². The van der Waals surface area contributed by atoms with E-state index >= 15 is 0 Å². The van der Waals surface area contributed by atoms with E-state index < -0.39 is 62.3 Å². The van der Waals surface area contributed by atoms with E-state index in [2.05, 4.69) is 20.5 Å². The Bertz CT molecular complexity index is 1220. The van der Waals surface area contributed by atoms with Gasteiger partial charge in [-0.2, -0.15) is 15.2 Å². The highest BCUT2D eigenvalue weighted by Crippen LogP contribution is 2.40. The molecule has 1 saturated heterocycles. The van der Waals surface area contributed by atoms with Gasteiger partial charge in [-0.15, -0.1) is 10.2 Å². The first-order valence-corrected chi connectivity index (χ1v) is 11.3. The lowest BCUT2D eigenvalue weighted by Gasteiger charge is -2.26. The summed E-state index contributed by atoms with van der Waals surface area (Å²) in [6.45, 7) is 2.55. The lowest BCUT2D eigenvalue weighted by atomic mass is 10.1. The molecule has 35 heavy (non-hydrogen) atoms. The Hall–Kier alpha value is -3.28. The van der Waals surface area contributed by atoms with Crippen molar-refractivity contribution in [2.45, 2.75) is 50.3 Å². The highest BCUT2D eigenvalue weighted by atomic mass is 31.2. The van der Waals surface area contributed by atoms with Gasteiger partial charge in [0, 0.05) is 6.04 Å². The van der Waals surface area contributed by atoms with Crippen molar-refractivity contribution in [3.8, 4) is 12.1 Å². The molecule has 6 unspecified atom stereocenters. The first kappa shape index (κ1) is 26.3. The van der Waals surface area contributed by atoms with Gasteiger partial charge in [0.15, 0.2) is 23.0 Å². The van der Waals surface area contributed by atoms with Crippen LogP contribution in [0.1, 0.15) is 25.8 Å². The smallest absolute Gasteiger partial charge is 0.341 e. The number of ether oxygens (including phenoxy) is 2. The maximum Gasteiger partial charge on any atom is 0.341 e. The number of nitrogens with one attached hydrogen (secondary N) is 1. The van der Waals surface area contributed by atoms with E-state index in [0.29, 0.717) is 4.68 Å². The minimum atomic E-state index is -1.97. The average molecular weight is 512 g/mol. The Morgan fingerprint density at radius 3 is 2.66 bits per heavy atom. The van der Waals surface area contributed by atoms with Gasteiger partial charge < -0.3 is 34.5 Å². The van der Waals surface area contributed by atoms with Crippen molar-refractivity contribution in [3.63, 3.8) is 0 Å². The second-order valence-electron chi connectivity index (χ2n) is 7.50. The molecule has 2 aromatic heterocycles. The van der Waals surface area contributed by atoms with E-state index in [1.165, 1.54) is 0 Å². The zero-order chi connectivity index (χ0) is 25.9. The van der Waals surface area contributed by atoms with Crippen LogP contribution in [0.5, 0.6) is 0 Å². The number of hydrogen-bond acceptors (Lipinski definition) is 14. The van der Waals surface area contributed by atoms with Gasteiger partial charge in [0.05, 0.1) is 12.7 Å². The standard InChI is InChI=1S/C17H21N8O9P/c1-7(2)22-35(33-4-3-18)17(16(29)30)32-6-9-12(26)13(27)15(34-9)24-14(28)11-10(20-23-24)8(5-19)21-25(11)31/h7,9,12-13,15,17,22,26-27,31H,4,6H2,1-2H3,(H,29,30). The average Bonchev–Trinajstić information content (AvgIpc) is 3.28. The molecule has 0 aliphatic carbocycles. The number of carboxylic acid groups (broad SMARTS) is 1. The number of nitriles is 2. The third-order valence-electron chi connectivity index (χ3n) is 4.68. The molecule has 1 aliphatic heterocycles. The predicted molar refractivity (Wildman–Crippen MR) is 112 cm³/mol. The number of hydrogen-bond donors (Lipinski definition) is 5. The first-order chi connectivity index (χ1) is 16.6. The molecule has 0 radical (unpaired) electrons. The molecule has 1 aliphatic rings. The minimum absolute atomic E-state index is 0.141. The summed E-state index contributed by atoms with van der Waals surface area (Å²) in [5.41, 5.74) is -2.17. The van der Waals surface area contributed by atoms with Crippen LogP contribution in [-0.2, 0) is 18.8 Å². The predicted octanol–water partition coefficient (Wildman–Crippen LogP) is -2.01. The van der Waals surface area contributed by atoms with E-state index in [4.69, 9.17) is 24.5 Å². The summed E-state index contributed by atoms with van der Waals surface area (Å²) in [5.74, 6) is -2.96. The number of aliphatic hydroxyl groups is 2. The maximum absolute atomic E-state index is 12.8. The molecule has 0 bridgehead atoms. The monoisotopic (exact) mass is 512 g/mol. The van der Waals surface area contributed by atoms with Crippen LogP contribution in [0, 0.1) is 22.7 Å². The summed E-state index contributed by atoms with van der Waals surface area (Å²) in [7, 11) is -1.97. The lowest BCUT2D eigenvalue weighted by molar-refractivity contribution is -0.148. The molecule has 18 heteroatoms. The molecule has 0 saturated carbocycles. The fourth-order valence-corrected chi connectivity index (χ4v) is 4.66. The Labute approximate surface area is 197 Å². The third kappa shape index (κ3) is 5.37. The number of carbonyl (C=O) groups is 1. The molecular formula is C17H21N8O9P. The van der Waals surface area contributed by atoms with Gasteiger partial charge in [-0.25, -0.2) is 4.79 Å². The molecule has 1 fully saturated rings. The van der Waals surface area contributed by atoms with Crippen molar-refractivity contribution < 1.29 is 39.3 Å². The third-order valence-corrected chi connectivity index (χ3v) is 6.65. The van der Waals surface area contributed by atoms with Crippen molar-refractivity contribution in [3.05, 3.63) is 16.0 Å². The van der Waals surface area contributed by atoms with Crippen LogP contribution in [0.2, 0.25) is 0 Å². The summed E-state index contributed by atoms with van der Waals surface area (Å²) in [6, 6.07) is 3.19. The number of aromatic nitrogens is 5. The lowest BCUT2D eigenvalue weighted by Crippen LogP contribution is -2.38. The highest BCUT2D eigenvalue weighted by molar-refractivity contribution is 7.52. The van der Waals surface area contributed by atoms with Crippen LogP contribution >= 0.6 is 8.30 Å². The SMILES string of the molecule is CC(C)NP(OCC#N)C(OCC1OC(n2nnc3c(C#N)nn(O)c3c2=O)C(O)C1O)C(=O)O. The normalized spacial score (nSPS) is 23.7. The number of rotatable bonds is 10. The summed E-state index contributed by atoms with van der Waals surface area (Å²) < 4.78 is 16.7. The zero-order valence-corrected chi connectivity index (χ0v) is 19.2. The van der Waals surface area contributed by atoms with Gasteiger partial charge >= 0.3 is 11.5 Å². The van der Waals surface area contributed by atoms with Gasteiger partial charge in [0.1, 0.15) is 39.3 Å². The molecule has 5 N–H and O–H groups in total. The number of aliphatic hydroxyl groups excluding tert-OH is 2. The number of nitrogens with zero attached hydrogens (tertiary/aromatic N) is 7. The van der Waals surface area contributed by atoms with E-state index in [1.54, 1.807) is 26.0 Å². The quantitative estimate of drug-likeness (QED) is 0.170. The van der Waals surface area contributed by atoms with E-state index in [9.17, 15) is 30.1 Å². The molecule has 188 valence electrons. The Morgan fingerprint density at radius 2 is 2.06 bits per heavy atom. The summed E-state index contributed by atoms with van der Waals surface area (Å²) in [5, 5.41) is 71.6. The van der Waals surface area contributed by atoms with Crippen molar-refractivity contribution in [2.24, 2.45) is 0 Å². The largest absolute Gasteiger partial charge is 0.479 e. The Morgan fingerprint density at radius 1 is 1.34 bits per heavy atom. The number of carboxylic acids is 1. The minimum Gasteiger partial charge on any atom is -0.479 e. The van der Waals surface area contributed by atoms with Crippen LogP contribution in [0.4, 0.5) is 0 Å². The summed E-state index contributed by atoms with van der Waals surface area (Å²) >= 11 is 0. The van der Waals surface area contributed by atoms with Crippen LogP contribution in [0.25, 0.3) is 11.0 Å².